The molecule has 0 amide bonds. The first-order valence-electron chi connectivity index (χ1n) is 10.7. The van der Waals surface area contributed by atoms with Gasteiger partial charge in [0.15, 0.2) is 11.5 Å². The molecular weight excluding hydrogens is 409 g/mol. The Balaban J connectivity index is 1.54. The molecule has 32 heavy (non-hydrogen) atoms. The molecule has 0 radical (unpaired) electrons. The second-order valence-electron chi connectivity index (χ2n) is 8.14. The zero-order valence-corrected chi connectivity index (χ0v) is 17.6. The van der Waals surface area contributed by atoms with Gasteiger partial charge < -0.3 is 14.7 Å². The molecule has 5 rings (SSSR count). The van der Waals surface area contributed by atoms with Crippen LogP contribution in [0.2, 0.25) is 0 Å². The van der Waals surface area contributed by atoms with Crippen molar-refractivity contribution in [3.8, 4) is 11.4 Å². The second kappa shape index (κ2) is 8.64. The molecule has 1 saturated heterocycles. The topological polar surface area (TPSA) is 75.8 Å². The maximum atomic E-state index is 14.4. The van der Waals surface area contributed by atoms with Crippen LogP contribution in [0.4, 0.5) is 10.2 Å². The van der Waals surface area contributed by atoms with E-state index in [-0.39, 0.29) is 5.82 Å². The van der Waals surface area contributed by atoms with Gasteiger partial charge in [-0.1, -0.05) is 42.5 Å². The van der Waals surface area contributed by atoms with Crippen LogP contribution in [-0.4, -0.2) is 50.3 Å². The van der Waals surface area contributed by atoms with E-state index in [1.165, 1.54) is 6.07 Å². The van der Waals surface area contributed by atoms with E-state index in [0.717, 1.165) is 5.56 Å². The van der Waals surface area contributed by atoms with Crippen LogP contribution in [0.5, 0.6) is 0 Å². The van der Waals surface area contributed by atoms with Crippen LogP contribution in [-0.2, 0) is 11.3 Å². The van der Waals surface area contributed by atoms with Gasteiger partial charge in [-0.15, -0.1) is 15.3 Å². The summed E-state index contributed by atoms with van der Waals surface area (Å²) in [6.07, 6.45) is 1.13. The number of nitrogens with zero attached hydrogens (tertiary/aromatic N) is 5. The fraction of sp³-hybridized carbons (Fsp3) is 0.292. The predicted octanol–water partition coefficient (Wildman–Crippen LogP) is 3.48. The zero-order chi connectivity index (χ0) is 22.0. The van der Waals surface area contributed by atoms with Gasteiger partial charge in [-0.25, -0.2) is 4.39 Å². The van der Waals surface area contributed by atoms with Gasteiger partial charge in [-0.05, 0) is 29.8 Å². The van der Waals surface area contributed by atoms with Crippen molar-refractivity contribution in [3.63, 3.8) is 0 Å². The van der Waals surface area contributed by atoms with Gasteiger partial charge in [0.2, 0.25) is 0 Å². The molecule has 0 spiro atoms. The highest BCUT2D eigenvalue weighted by Crippen LogP contribution is 2.27. The lowest BCUT2D eigenvalue weighted by molar-refractivity contribution is -0.0580. The Morgan fingerprint density at radius 3 is 2.50 bits per heavy atom. The fourth-order valence-corrected chi connectivity index (χ4v) is 4.04. The van der Waals surface area contributed by atoms with Crippen molar-refractivity contribution < 1.29 is 14.2 Å². The van der Waals surface area contributed by atoms with Gasteiger partial charge in [0.25, 0.3) is 0 Å². The van der Waals surface area contributed by atoms with Crippen LogP contribution in [0.3, 0.4) is 0 Å². The minimum absolute atomic E-state index is 0.335. The molecule has 164 valence electrons. The number of aromatic nitrogens is 4. The van der Waals surface area contributed by atoms with E-state index in [1.54, 1.807) is 22.7 Å². The summed E-state index contributed by atoms with van der Waals surface area (Å²) in [5, 5.41) is 24.3. The molecule has 7 nitrogen and oxygen atoms in total. The van der Waals surface area contributed by atoms with Crippen LogP contribution in [0.15, 0.2) is 66.7 Å². The summed E-state index contributed by atoms with van der Waals surface area (Å²) in [5.74, 6) is 0.606. The van der Waals surface area contributed by atoms with Crippen LogP contribution in [0, 0.1) is 5.82 Å². The maximum absolute atomic E-state index is 14.4. The minimum Gasteiger partial charge on any atom is -0.388 e. The Kier molecular flexibility index (Phi) is 5.55. The molecule has 0 aliphatic carbocycles. The summed E-state index contributed by atoms with van der Waals surface area (Å²) in [7, 11) is 0. The monoisotopic (exact) mass is 433 g/mol. The third kappa shape index (κ3) is 4.19. The van der Waals surface area contributed by atoms with Gasteiger partial charge in [0.1, 0.15) is 11.6 Å². The summed E-state index contributed by atoms with van der Waals surface area (Å²) in [4.78, 5) is 2.05. The molecular formula is C24H24FN5O2. The largest absolute Gasteiger partial charge is 0.388 e. The van der Waals surface area contributed by atoms with Crippen molar-refractivity contribution in [2.24, 2.45) is 0 Å². The number of halogens is 1. The first kappa shape index (κ1) is 20.5. The quantitative estimate of drug-likeness (QED) is 0.502. The van der Waals surface area contributed by atoms with E-state index in [9.17, 15) is 9.50 Å². The number of hydrogen-bond acceptors (Lipinski definition) is 6. The van der Waals surface area contributed by atoms with E-state index in [0.29, 0.717) is 62.0 Å². The Morgan fingerprint density at radius 2 is 1.72 bits per heavy atom. The van der Waals surface area contributed by atoms with E-state index in [1.807, 2.05) is 47.4 Å². The van der Waals surface area contributed by atoms with E-state index in [4.69, 9.17) is 9.84 Å². The molecule has 1 fully saturated rings. The highest BCUT2D eigenvalue weighted by molar-refractivity contribution is 5.60. The summed E-state index contributed by atoms with van der Waals surface area (Å²) in [6, 6.07) is 20.2. The van der Waals surface area contributed by atoms with Crippen molar-refractivity contribution in [1.82, 2.24) is 19.8 Å². The van der Waals surface area contributed by atoms with Gasteiger partial charge in [-0.2, -0.15) is 4.52 Å². The third-order valence-electron chi connectivity index (χ3n) is 5.81. The molecule has 0 atom stereocenters. The molecule has 4 aromatic rings. The molecule has 1 aliphatic rings. The molecule has 0 saturated carbocycles. The number of aliphatic hydroxyl groups is 1. The first-order valence-corrected chi connectivity index (χ1v) is 10.7. The molecule has 3 heterocycles. The SMILES string of the molecule is OC1(CN(Cc2ccccc2)c2ccc3nnc(-c4ccccc4F)n3n2)CCOCC1. The summed E-state index contributed by atoms with van der Waals surface area (Å²) < 4.78 is 21.4. The lowest BCUT2D eigenvalue weighted by Gasteiger charge is -2.37. The Bertz CT molecular complexity index is 1210. The molecule has 2 aromatic heterocycles. The Hall–Kier alpha value is -3.36. The molecule has 8 heteroatoms. The highest BCUT2D eigenvalue weighted by atomic mass is 19.1. The van der Waals surface area contributed by atoms with Crippen molar-refractivity contribution >= 4 is 11.5 Å². The number of anilines is 1. The molecule has 1 N–H and O–H groups in total. The third-order valence-corrected chi connectivity index (χ3v) is 5.81. The fourth-order valence-electron chi connectivity index (χ4n) is 4.04. The lowest BCUT2D eigenvalue weighted by atomic mass is 9.93. The average molecular weight is 433 g/mol. The van der Waals surface area contributed by atoms with Gasteiger partial charge in [0.05, 0.1) is 11.2 Å². The van der Waals surface area contributed by atoms with Crippen LogP contribution >= 0.6 is 0 Å². The van der Waals surface area contributed by atoms with Crippen molar-refractivity contribution in [2.45, 2.75) is 25.0 Å². The van der Waals surface area contributed by atoms with Crippen LogP contribution in [0.1, 0.15) is 18.4 Å². The Labute approximate surface area is 185 Å². The summed E-state index contributed by atoms with van der Waals surface area (Å²) >= 11 is 0. The average Bonchev–Trinajstić information content (AvgIpc) is 3.23. The van der Waals surface area contributed by atoms with Gasteiger partial charge in [0, 0.05) is 39.1 Å². The number of benzene rings is 2. The van der Waals surface area contributed by atoms with E-state index >= 15 is 0 Å². The predicted molar refractivity (Wildman–Crippen MR) is 119 cm³/mol. The number of rotatable bonds is 6. The zero-order valence-electron chi connectivity index (χ0n) is 17.6. The van der Waals surface area contributed by atoms with Crippen molar-refractivity contribution in [2.75, 3.05) is 24.7 Å². The van der Waals surface area contributed by atoms with Crippen LogP contribution < -0.4 is 4.90 Å². The lowest BCUT2D eigenvalue weighted by Crippen LogP contribution is -2.47. The Morgan fingerprint density at radius 1 is 0.969 bits per heavy atom. The van der Waals surface area contributed by atoms with Crippen molar-refractivity contribution in [1.29, 1.82) is 0 Å². The van der Waals surface area contributed by atoms with Crippen LogP contribution in [0.25, 0.3) is 17.0 Å². The minimum atomic E-state index is -0.870. The standard InChI is InChI=1S/C24H24FN5O2/c25-20-9-5-4-8-19(20)23-27-26-21-10-11-22(28-30(21)23)29(16-18-6-2-1-3-7-18)17-24(31)12-14-32-15-13-24/h1-11,31H,12-17H2. The first-order chi connectivity index (χ1) is 15.6. The maximum Gasteiger partial charge on any atom is 0.188 e. The number of fused-ring (bicyclic) bond motifs is 1. The molecule has 2 aromatic carbocycles. The smallest absolute Gasteiger partial charge is 0.188 e. The molecule has 0 unspecified atom stereocenters. The molecule has 1 aliphatic heterocycles. The van der Waals surface area contributed by atoms with Gasteiger partial charge >= 0.3 is 0 Å². The van der Waals surface area contributed by atoms with E-state index < -0.39 is 5.60 Å². The second-order valence-corrected chi connectivity index (χ2v) is 8.14. The van der Waals surface area contributed by atoms with E-state index in [2.05, 4.69) is 10.2 Å². The highest BCUT2D eigenvalue weighted by Gasteiger charge is 2.33. The summed E-state index contributed by atoms with van der Waals surface area (Å²) in [6.45, 7) is 2.04. The number of hydrogen-bond donors (Lipinski definition) is 1. The molecule has 0 bridgehead atoms. The summed E-state index contributed by atoms with van der Waals surface area (Å²) in [5.41, 5.74) is 1.09. The number of ether oxygens (including phenoxy) is 1. The normalized spacial score (nSPS) is 15.7. The van der Waals surface area contributed by atoms with Crippen molar-refractivity contribution in [3.05, 3.63) is 78.1 Å². The van der Waals surface area contributed by atoms with Gasteiger partial charge in [-0.3, -0.25) is 0 Å².